The SMILES string of the molecule is Cc1cc(N=S2CCCC2)cc2ncnc(Nc3ccc(F)cc3OCC(=O)N3CCC3)c12. The van der Waals surface area contributed by atoms with Crippen molar-refractivity contribution in [2.75, 3.05) is 36.5 Å². The van der Waals surface area contributed by atoms with Crippen LogP contribution in [0.4, 0.5) is 21.6 Å². The Hall–Kier alpha value is -3.07. The molecule has 1 N–H and O–H groups in total. The average Bonchev–Trinajstić information content (AvgIpc) is 3.25. The highest BCUT2D eigenvalue weighted by atomic mass is 32.2. The summed E-state index contributed by atoms with van der Waals surface area (Å²) < 4.78 is 24.6. The van der Waals surface area contributed by atoms with Gasteiger partial charge in [-0.3, -0.25) is 4.79 Å². The van der Waals surface area contributed by atoms with Gasteiger partial charge in [-0.05, 0) is 56.0 Å². The molecule has 0 atom stereocenters. The summed E-state index contributed by atoms with van der Waals surface area (Å²) in [4.78, 5) is 22.8. The summed E-state index contributed by atoms with van der Waals surface area (Å²) in [6, 6.07) is 8.28. The third kappa shape index (κ3) is 4.83. The predicted molar refractivity (Wildman–Crippen MR) is 129 cm³/mol. The minimum absolute atomic E-state index is 0.0981. The maximum Gasteiger partial charge on any atom is 0.260 e. The Morgan fingerprint density at radius 3 is 2.76 bits per heavy atom. The van der Waals surface area contributed by atoms with Crippen LogP contribution in [0.5, 0.6) is 5.75 Å². The minimum Gasteiger partial charge on any atom is -0.481 e. The molecule has 0 saturated carbocycles. The van der Waals surface area contributed by atoms with Crippen molar-refractivity contribution in [3.8, 4) is 5.75 Å². The van der Waals surface area contributed by atoms with Gasteiger partial charge in [-0.25, -0.2) is 18.7 Å². The molecule has 2 aliphatic rings. The van der Waals surface area contributed by atoms with Crippen LogP contribution in [0.1, 0.15) is 24.8 Å². The molecular formula is C24H26FN5O2S. The number of benzene rings is 2. The molecule has 9 heteroatoms. The number of likely N-dealkylation sites (tertiary alicyclic amines) is 1. The molecular weight excluding hydrogens is 441 g/mol. The summed E-state index contributed by atoms with van der Waals surface area (Å²) in [6.07, 6.45) is 5.01. The highest BCUT2D eigenvalue weighted by Crippen LogP contribution is 2.34. The Balaban J connectivity index is 1.43. The molecule has 7 nitrogen and oxygen atoms in total. The van der Waals surface area contributed by atoms with Crippen LogP contribution < -0.4 is 10.1 Å². The van der Waals surface area contributed by atoms with Crippen molar-refractivity contribution < 1.29 is 13.9 Å². The van der Waals surface area contributed by atoms with Crippen LogP contribution >= 0.6 is 0 Å². The van der Waals surface area contributed by atoms with Gasteiger partial charge in [-0.1, -0.05) is 10.7 Å². The molecule has 2 aromatic carbocycles. The number of anilines is 2. The van der Waals surface area contributed by atoms with Crippen LogP contribution in [0.15, 0.2) is 41.0 Å². The lowest BCUT2D eigenvalue weighted by Gasteiger charge is -2.30. The Bertz CT molecular complexity index is 1240. The molecule has 0 spiro atoms. The van der Waals surface area contributed by atoms with Crippen molar-refractivity contribution in [2.45, 2.75) is 26.2 Å². The van der Waals surface area contributed by atoms with Gasteiger partial charge in [-0.15, -0.1) is 0 Å². The first-order chi connectivity index (χ1) is 16.1. The van der Waals surface area contributed by atoms with Gasteiger partial charge in [0.2, 0.25) is 0 Å². The van der Waals surface area contributed by atoms with E-state index in [9.17, 15) is 9.18 Å². The van der Waals surface area contributed by atoms with Crippen LogP contribution in [0.3, 0.4) is 0 Å². The quantitative estimate of drug-likeness (QED) is 0.570. The number of rotatable bonds is 6. The Labute approximate surface area is 194 Å². The number of fused-ring (bicyclic) bond motifs is 1. The summed E-state index contributed by atoms with van der Waals surface area (Å²) in [5, 5.41) is 4.13. The van der Waals surface area contributed by atoms with Crippen molar-refractivity contribution in [1.82, 2.24) is 14.9 Å². The summed E-state index contributed by atoms with van der Waals surface area (Å²) >= 11 is 0. The average molecular weight is 468 g/mol. The van der Waals surface area contributed by atoms with Gasteiger partial charge in [-0.2, -0.15) is 0 Å². The second-order valence-electron chi connectivity index (χ2n) is 8.34. The van der Waals surface area contributed by atoms with Gasteiger partial charge in [0, 0.05) is 36.0 Å². The number of aryl methyl sites for hydroxylation is 1. The molecule has 0 bridgehead atoms. The van der Waals surface area contributed by atoms with E-state index < -0.39 is 5.82 Å². The smallest absolute Gasteiger partial charge is 0.260 e. The van der Waals surface area contributed by atoms with Crippen LogP contribution in [0.25, 0.3) is 10.9 Å². The largest absolute Gasteiger partial charge is 0.481 e. The Morgan fingerprint density at radius 1 is 1.18 bits per heavy atom. The van der Waals surface area contributed by atoms with Crippen LogP contribution in [-0.2, 0) is 15.5 Å². The highest BCUT2D eigenvalue weighted by Gasteiger charge is 2.21. The molecule has 1 aromatic heterocycles. The van der Waals surface area contributed by atoms with E-state index in [1.165, 1.54) is 42.8 Å². The molecule has 2 fully saturated rings. The first kappa shape index (κ1) is 21.8. The third-order valence-corrected chi connectivity index (χ3v) is 7.91. The van der Waals surface area contributed by atoms with E-state index in [2.05, 4.69) is 21.4 Å². The van der Waals surface area contributed by atoms with E-state index in [0.29, 0.717) is 11.5 Å². The summed E-state index contributed by atoms with van der Waals surface area (Å²) in [6.45, 7) is 3.38. The summed E-state index contributed by atoms with van der Waals surface area (Å²) in [7, 11) is 0.105. The second-order valence-corrected chi connectivity index (χ2v) is 10.3. The molecule has 2 saturated heterocycles. The third-order valence-electron chi connectivity index (χ3n) is 5.92. The van der Waals surface area contributed by atoms with Crippen molar-refractivity contribution in [3.63, 3.8) is 0 Å². The molecule has 0 unspecified atom stereocenters. The summed E-state index contributed by atoms with van der Waals surface area (Å²) in [5.74, 6) is 2.66. The lowest BCUT2D eigenvalue weighted by molar-refractivity contribution is -0.136. The zero-order chi connectivity index (χ0) is 22.8. The summed E-state index contributed by atoms with van der Waals surface area (Å²) in [5.41, 5.74) is 3.29. The number of halogens is 1. The lowest BCUT2D eigenvalue weighted by atomic mass is 10.1. The zero-order valence-electron chi connectivity index (χ0n) is 18.5. The first-order valence-corrected chi connectivity index (χ1v) is 12.7. The zero-order valence-corrected chi connectivity index (χ0v) is 19.3. The maximum absolute atomic E-state index is 13.9. The predicted octanol–water partition coefficient (Wildman–Crippen LogP) is 4.66. The van der Waals surface area contributed by atoms with Crippen LogP contribution in [0, 0.1) is 12.7 Å². The van der Waals surface area contributed by atoms with Crippen molar-refractivity contribution in [2.24, 2.45) is 4.36 Å². The standard InChI is InChI=1S/C24H26FN5O2S/c1-16-11-18(29-33-9-2-3-10-33)13-20-23(16)24(27-15-26-20)28-19-6-5-17(25)12-21(19)32-14-22(31)30-7-4-8-30/h5-6,11-13,15H,2-4,7-10,14H2,1H3,(H,26,27,28). The molecule has 172 valence electrons. The maximum atomic E-state index is 13.9. The first-order valence-electron chi connectivity index (χ1n) is 11.2. The molecule has 5 rings (SSSR count). The molecule has 1 amide bonds. The van der Waals surface area contributed by atoms with Gasteiger partial charge < -0.3 is 15.0 Å². The number of hydrogen-bond donors (Lipinski definition) is 1. The van der Waals surface area contributed by atoms with Gasteiger partial charge in [0.05, 0.1) is 16.9 Å². The molecule has 0 aliphatic carbocycles. The number of nitrogens with one attached hydrogen (secondary N) is 1. The van der Waals surface area contributed by atoms with E-state index in [1.54, 1.807) is 11.0 Å². The minimum atomic E-state index is -0.435. The fourth-order valence-electron chi connectivity index (χ4n) is 4.04. The Morgan fingerprint density at radius 2 is 2.00 bits per heavy atom. The van der Waals surface area contributed by atoms with Gasteiger partial charge in [0.1, 0.15) is 23.7 Å². The van der Waals surface area contributed by atoms with E-state index in [-0.39, 0.29) is 29.0 Å². The van der Waals surface area contributed by atoms with Gasteiger partial charge in [0.25, 0.3) is 5.91 Å². The number of carbonyl (C=O) groups is 1. The van der Waals surface area contributed by atoms with E-state index in [1.807, 2.05) is 13.0 Å². The monoisotopic (exact) mass is 467 g/mol. The van der Waals surface area contributed by atoms with Crippen LogP contribution in [-0.4, -0.2) is 52.0 Å². The number of hydrogen-bond acceptors (Lipinski definition) is 6. The fraction of sp³-hybridized carbons (Fsp3) is 0.375. The molecule has 3 heterocycles. The van der Waals surface area contributed by atoms with Crippen molar-refractivity contribution in [1.29, 1.82) is 0 Å². The van der Waals surface area contributed by atoms with E-state index >= 15 is 0 Å². The van der Waals surface area contributed by atoms with Gasteiger partial charge in [0.15, 0.2) is 6.61 Å². The topological polar surface area (TPSA) is 79.7 Å². The molecule has 0 radical (unpaired) electrons. The normalized spacial score (nSPS) is 16.0. The van der Waals surface area contributed by atoms with E-state index in [0.717, 1.165) is 41.7 Å². The number of carbonyl (C=O) groups excluding carboxylic acids is 1. The number of aromatic nitrogens is 2. The van der Waals surface area contributed by atoms with E-state index in [4.69, 9.17) is 9.10 Å². The number of amides is 1. The fourth-order valence-corrected chi connectivity index (χ4v) is 5.91. The molecule has 3 aromatic rings. The van der Waals surface area contributed by atoms with Crippen molar-refractivity contribution >= 4 is 44.7 Å². The second kappa shape index (κ2) is 9.43. The molecule has 33 heavy (non-hydrogen) atoms. The highest BCUT2D eigenvalue weighted by molar-refractivity contribution is 7.87. The molecule has 2 aliphatic heterocycles. The number of nitrogens with zero attached hydrogens (tertiary/aromatic N) is 4. The van der Waals surface area contributed by atoms with Crippen LogP contribution in [0.2, 0.25) is 0 Å². The van der Waals surface area contributed by atoms with Gasteiger partial charge >= 0.3 is 0 Å². The number of ether oxygens (including phenoxy) is 1. The van der Waals surface area contributed by atoms with Crippen molar-refractivity contribution in [3.05, 3.63) is 48.0 Å². The lowest BCUT2D eigenvalue weighted by Crippen LogP contribution is -2.44. The Kier molecular flexibility index (Phi) is 6.22.